The minimum atomic E-state index is -0.701. The van der Waals surface area contributed by atoms with Crippen LogP contribution in [0.5, 0.6) is 0 Å². The highest BCUT2D eigenvalue weighted by molar-refractivity contribution is 7.18. The third-order valence-corrected chi connectivity index (χ3v) is 3.90. The maximum absolute atomic E-state index is 12.2. The first-order chi connectivity index (χ1) is 11.3. The van der Waals surface area contributed by atoms with Gasteiger partial charge in [-0.15, -0.1) is 0 Å². The van der Waals surface area contributed by atoms with E-state index in [1.807, 2.05) is 54.6 Å². The van der Waals surface area contributed by atoms with Crippen molar-refractivity contribution in [1.82, 2.24) is 10.3 Å². The molecule has 2 aromatic carbocycles. The molecule has 0 radical (unpaired) electrons. The van der Waals surface area contributed by atoms with Crippen molar-refractivity contribution in [3.8, 4) is 0 Å². The lowest BCUT2D eigenvalue weighted by Gasteiger charge is -2.15. The number of H-pyrrole nitrogens is 1. The van der Waals surface area contributed by atoms with Crippen LogP contribution in [0.15, 0.2) is 60.8 Å². The molecule has 0 amide bonds. The molecule has 116 valence electrons. The van der Waals surface area contributed by atoms with E-state index in [4.69, 9.17) is 0 Å². The second-order valence-electron chi connectivity index (χ2n) is 5.07. The molecular weight excluding hydrogens is 311 g/mol. The maximum atomic E-state index is 12.2. The van der Waals surface area contributed by atoms with E-state index in [-0.39, 0.29) is 0 Å². The zero-order valence-electron chi connectivity index (χ0n) is 12.2. The summed E-state index contributed by atoms with van der Waals surface area (Å²) in [6, 6.07) is 16.7. The van der Waals surface area contributed by atoms with Gasteiger partial charge < -0.3 is 9.51 Å². The normalized spacial score (nSPS) is 12.3. The first kappa shape index (κ1) is 15.4. The molecule has 3 aromatic rings. The van der Waals surface area contributed by atoms with Gasteiger partial charge in [0.05, 0.1) is 0 Å². The van der Waals surface area contributed by atoms with Gasteiger partial charge in [-0.05, 0) is 11.6 Å². The Morgan fingerprint density at radius 3 is 2.65 bits per heavy atom. The monoisotopic (exact) mass is 326 g/mol. The molecule has 0 aliphatic rings. The molecule has 0 spiro atoms. The minimum Gasteiger partial charge on any atom is -0.371 e. The SMILES string of the molecule is O=POC(=O)C(NCc1ccccc1)c1c[nH]c2ccccc12. The van der Waals surface area contributed by atoms with Gasteiger partial charge in [-0.2, -0.15) is 0 Å². The largest absolute Gasteiger partial charge is 0.398 e. The molecular formula is C17H15N2O3P. The topological polar surface area (TPSA) is 71.2 Å². The number of carbonyl (C=O) groups excluding carboxylic acids is 1. The molecule has 3 rings (SSSR count). The number of aromatic amines is 1. The number of benzene rings is 2. The molecule has 5 nitrogen and oxygen atoms in total. The molecule has 0 saturated heterocycles. The molecule has 6 heteroatoms. The van der Waals surface area contributed by atoms with E-state index in [0.29, 0.717) is 6.54 Å². The fourth-order valence-electron chi connectivity index (χ4n) is 2.56. The van der Waals surface area contributed by atoms with Crippen LogP contribution < -0.4 is 5.32 Å². The molecule has 2 N–H and O–H groups in total. The zero-order chi connectivity index (χ0) is 16.1. The Morgan fingerprint density at radius 2 is 1.87 bits per heavy atom. The summed E-state index contributed by atoms with van der Waals surface area (Å²) in [6.45, 7) is 0.496. The Balaban J connectivity index is 1.89. The fraction of sp³-hybridized carbons (Fsp3) is 0.118. The van der Waals surface area contributed by atoms with Crippen LogP contribution in [-0.4, -0.2) is 11.0 Å². The van der Waals surface area contributed by atoms with Crippen LogP contribution in [-0.2, 0) is 20.4 Å². The van der Waals surface area contributed by atoms with Crippen LogP contribution in [0.3, 0.4) is 0 Å². The average Bonchev–Trinajstić information content (AvgIpc) is 3.00. The molecule has 23 heavy (non-hydrogen) atoms. The Bertz CT molecular complexity index is 817. The molecule has 1 heterocycles. The number of aromatic nitrogens is 1. The van der Waals surface area contributed by atoms with Crippen LogP contribution >= 0.6 is 8.69 Å². The van der Waals surface area contributed by atoms with Gasteiger partial charge in [-0.25, -0.2) is 9.36 Å². The highest BCUT2D eigenvalue weighted by Gasteiger charge is 2.25. The van der Waals surface area contributed by atoms with Gasteiger partial charge in [-0.3, -0.25) is 5.32 Å². The Hall–Kier alpha value is -2.49. The van der Waals surface area contributed by atoms with Crippen LogP contribution in [0, 0.1) is 0 Å². The summed E-state index contributed by atoms with van der Waals surface area (Å²) in [7, 11) is -0.652. The highest BCUT2D eigenvalue weighted by Crippen LogP contribution is 2.26. The number of hydrogen-bond acceptors (Lipinski definition) is 4. The molecule has 1 atom stereocenters. The van der Waals surface area contributed by atoms with Gasteiger partial charge >= 0.3 is 14.7 Å². The van der Waals surface area contributed by atoms with E-state index < -0.39 is 20.7 Å². The Kier molecular flexibility index (Phi) is 4.81. The van der Waals surface area contributed by atoms with E-state index in [1.54, 1.807) is 6.20 Å². The highest BCUT2D eigenvalue weighted by atomic mass is 31.1. The van der Waals surface area contributed by atoms with Gasteiger partial charge in [0.25, 0.3) is 0 Å². The molecule has 0 aliphatic heterocycles. The second kappa shape index (κ2) is 7.18. The summed E-state index contributed by atoms with van der Waals surface area (Å²) >= 11 is 0. The predicted molar refractivity (Wildman–Crippen MR) is 88.0 cm³/mol. The van der Waals surface area contributed by atoms with Crippen molar-refractivity contribution in [2.24, 2.45) is 0 Å². The number of hydrogen-bond donors (Lipinski definition) is 2. The van der Waals surface area contributed by atoms with E-state index >= 15 is 0 Å². The maximum Gasteiger partial charge on any atom is 0.398 e. The summed E-state index contributed by atoms with van der Waals surface area (Å²) in [5.74, 6) is -0.581. The van der Waals surface area contributed by atoms with Gasteiger partial charge in [0, 0.05) is 29.2 Å². The quantitative estimate of drug-likeness (QED) is 0.677. The third-order valence-electron chi connectivity index (χ3n) is 3.65. The zero-order valence-corrected chi connectivity index (χ0v) is 13.1. The van der Waals surface area contributed by atoms with E-state index in [1.165, 1.54) is 0 Å². The standard InChI is InChI=1S/C17H15N2O3P/c20-17(22-23-21)16(19-10-12-6-2-1-3-7-12)14-11-18-15-9-5-4-8-13(14)15/h1-9,11,16,18-19H,10H2. The lowest BCUT2D eigenvalue weighted by molar-refractivity contribution is -0.136. The third kappa shape index (κ3) is 3.47. The van der Waals surface area contributed by atoms with Crippen molar-refractivity contribution in [2.75, 3.05) is 0 Å². The summed E-state index contributed by atoms with van der Waals surface area (Å²) in [5.41, 5.74) is 2.75. The summed E-state index contributed by atoms with van der Waals surface area (Å²) in [5, 5.41) is 4.11. The smallest absolute Gasteiger partial charge is 0.371 e. The van der Waals surface area contributed by atoms with Crippen molar-refractivity contribution in [3.63, 3.8) is 0 Å². The predicted octanol–water partition coefficient (Wildman–Crippen LogP) is 3.75. The first-order valence-electron chi connectivity index (χ1n) is 7.16. The Labute approximate surface area is 135 Å². The minimum absolute atomic E-state index is 0.496. The van der Waals surface area contributed by atoms with Crippen molar-refractivity contribution >= 4 is 25.6 Å². The van der Waals surface area contributed by atoms with Crippen molar-refractivity contribution < 1.29 is 13.9 Å². The fourth-order valence-corrected chi connectivity index (χ4v) is 2.74. The van der Waals surface area contributed by atoms with Gasteiger partial charge in [0.2, 0.25) is 0 Å². The van der Waals surface area contributed by atoms with E-state index in [9.17, 15) is 9.36 Å². The van der Waals surface area contributed by atoms with Gasteiger partial charge in [0.1, 0.15) is 6.04 Å². The second-order valence-corrected chi connectivity index (χ2v) is 5.41. The lowest BCUT2D eigenvalue weighted by atomic mass is 10.1. The molecule has 1 unspecified atom stereocenters. The van der Waals surface area contributed by atoms with Crippen molar-refractivity contribution in [3.05, 3.63) is 71.9 Å². The molecule has 0 saturated carbocycles. The van der Waals surface area contributed by atoms with Gasteiger partial charge in [0.15, 0.2) is 0 Å². The number of rotatable bonds is 6. The van der Waals surface area contributed by atoms with Crippen LogP contribution in [0.2, 0.25) is 0 Å². The van der Waals surface area contributed by atoms with E-state index in [0.717, 1.165) is 22.0 Å². The molecule has 0 aliphatic carbocycles. The number of nitrogens with one attached hydrogen (secondary N) is 2. The van der Waals surface area contributed by atoms with Crippen LogP contribution in [0.4, 0.5) is 0 Å². The molecule has 1 aromatic heterocycles. The van der Waals surface area contributed by atoms with E-state index in [2.05, 4.69) is 14.8 Å². The Morgan fingerprint density at radius 1 is 1.13 bits per heavy atom. The van der Waals surface area contributed by atoms with Crippen molar-refractivity contribution in [2.45, 2.75) is 12.6 Å². The van der Waals surface area contributed by atoms with Crippen molar-refractivity contribution in [1.29, 1.82) is 0 Å². The summed E-state index contributed by atoms with van der Waals surface area (Å²) in [4.78, 5) is 15.3. The van der Waals surface area contributed by atoms with Crippen LogP contribution in [0.1, 0.15) is 17.2 Å². The number of fused-ring (bicyclic) bond motifs is 1. The lowest BCUT2D eigenvalue weighted by Crippen LogP contribution is -2.28. The number of carbonyl (C=O) groups is 1. The molecule has 0 bridgehead atoms. The first-order valence-corrected chi connectivity index (χ1v) is 7.89. The number of para-hydroxylation sites is 1. The average molecular weight is 326 g/mol. The van der Waals surface area contributed by atoms with Crippen LogP contribution in [0.25, 0.3) is 10.9 Å². The summed E-state index contributed by atoms with van der Waals surface area (Å²) < 4.78 is 15.3. The van der Waals surface area contributed by atoms with Gasteiger partial charge in [-0.1, -0.05) is 48.5 Å². The summed E-state index contributed by atoms with van der Waals surface area (Å²) in [6.07, 6.45) is 1.77. The molecule has 0 fully saturated rings.